The highest BCUT2D eigenvalue weighted by atomic mass is 19.1. The number of nitrogens with one attached hydrogen (secondary N) is 1. The molecule has 0 aromatic heterocycles. The number of carbonyl (C=O) groups is 1. The predicted molar refractivity (Wildman–Crippen MR) is 66.7 cm³/mol. The van der Waals surface area contributed by atoms with E-state index in [4.69, 9.17) is 10.9 Å². The number of benzene rings is 1. The zero-order valence-corrected chi connectivity index (χ0v) is 10.5. The number of nitrogens with zero attached hydrogens (tertiary/aromatic N) is 1. The van der Waals surface area contributed by atoms with Gasteiger partial charge in [-0.2, -0.15) is 0 Å². The van der Waals surface area contributed by atoms with Crippen LogP contribution in [0.15, 0.2) is 23.4 Å². The molecule has 104 valence electrons. The van der Waals surface area contributed by atoms with E-state index in [9.17, 15) is 13.6 Å². The fourth-order valence-corrected chi connectivity index (χ4v) is 1.66. The van der Waals surface area contributed by atoms with Crippen molar-refractivity contribution in [3.8, 4) is 0 Å². The second-order valence-electron chi connectivity index (χ2n) is 4.33. The molecule has 1 aromatic rings. The number of halogens is 2. The molecule has 0 saturated heterocycles. The van der Waals surface area contributed by atoms with Crippen molar-refractivity contribution in [2.45, 2.75) is 13.8 Å². The molecule has 0 radical (unpaired) electrons. The van der Waals surface area contributed by atoms with Gasteiger partial charge in [-0.3, -0.25) is 4.79 Å². The lowest BCUT2D eigenvalue weighted by atomic mass is 9.93. The average Bonchev–Trinajstić information content (AvgIpc) is 2.33. The third kappa shape index (κ3) is 3.40. The van der Waals surface area contributed by atoms with Crippen molar-refractivity contribution in [1.82, 2.24) is 0 Å². The van der Waals surface area contributed by atoms with Crippen molar-refractivity contribution < 1.29 is 18.8 Å². The molecular formula is C12H15F2N3O2. The van der Waals surface area contributed by atoms with Crippen LogP contribution in [0.1, 0.15) is 13.8 Å². The fourth-order valence-electron chi connectivity index (χ4n) is 1.66. The van der Waals surface area contributed by atoms with Crippen molar-refractivity contribution in [2.75, 3.05) is 5.32 Å². The van der Waals surface area contributed by atoms with Gasteiger partial charge in [0.15, 0.2) is 5.84 Å². The van der Waals surface area contributed by atoms with Gasteiger partial charge >= 0.3 is 0 Å². The Morgan fingerprint density at radius 1 is 1.37 bits per heavy atom. The smallest absolute Gasteiger partial charge is 0.235 e. The first kappa shape index (κ1) is 14.9. The lowest BCUT2D eigenvalue weighted by Gasteiger charge is -2.19. The van der Waals surface area contributed by atoms with Gasteiger partial charge in [-0.15, -0.1) is 0 Å². The second kappa shape index (κ2) is 6.12. The maximum Gasteiger partial charge on any atom is 0.235 e. The van der Waals surface area contributed by atoms with E-state index in [-0.39, 0.29) is 11.8 Å². The van der Waals surface area contributed by atoms with Gasteiger partial charge in [-0.1, -0.05) is 25.1 Å². The number of amidine groups is 1. The molecule has 1 rings (SSSR count). The highest BCUT2D eigenvalue weighted by molar-refractivity contribution is 6.08. The SMILES string of the molecule is CC(C)C(C(=O)Nc1c(F)cccc1F)C(N)=NO. The molecule has 19 heavy (non-hydrogen) atoms. The molecule has 5 nitrogen and oxygen atoms in total. The van der Waals surface area contributed by atoms with Gasteiger partial charge in [-0.05, 0) is 18.1 Å². The van der Waals surface area contributed by atoms with Crippen LogP contribution in [0.4, 0.5) is 14.5 Å². The van der Waals surface area contributed by atoms with E-state index < -0.39 is 29.1 Å². The molecule has 0 bridgehead atoms. The molecule has 0 aliphatic carbocycles. The first-order chi connectivity index (χ1) is 8.88. The summed E-state index contributed by atoms with van der Waals surface area (Å²) < 4.78 is 26.8. The van der Waals surface area contributed by atoms with Gasteiger partial charge in [-0.25, -0.2) is 8.78 Å². The number of amides is 1. The molecule has 1 amide bonds. The minimum absolute atomic E-state index is 0.300. The van der Waals surface area contributed by atoms with E-state index in [0.29, 0.717) is 0 Å². The molecule has 1 aromatic carbocycles. The van der Waals surface area contributed by atoms with Crippen LogP contribution in [0.2, 0.25) is 0 Å². The third-order valence-corrected chi connectivity index (χ3v) is 2.59. The lowest BCUT2D eigenvalue weighted by Crippen LogP contribution is -2.38. The molecule has 0 aliphatic rings. The molecule has 1 unspecified atom stereocenters. The Kier molecular flexibility index (Phi) is 4.80. The number of hydrogen-bond donors (Lipinski definition) is 3. The normalized spacial score (nSPS) is 13.4. The summed E-state index contributed by atoms with van der Waals surface area (Å²) in [5, 5.41) is 13.5. The number of para-hydroxylation sites is 1. The van der Waals surface area contributed by atoms with Gasteiger partial charge < -0.3 is 16.3 Å². The summed E-state index contributed by atoms with van der Waals surface area (Å²) in [4.78, 5) is 11.9. The van der Waals surface area contributed by atoms with E-state index in [1.807, 2.05) is 0 Å². The Morgan fingerprint density at radius 2 is 1.89 bits per heavy atom. The molecule has 4 N–H and O–H groups in total. The maximum atomic E-state index is 13.4. The first-order valence-electron chi connectivity index (χ1n) is 5.60. The van der Waals surface area contributed by atoms with E-state index in [2.05, 4.69) is 10.5 Å². The van der Waals surface area contributed by atoms with Crippen LogP contribution in [0, 0.1) is 23.5 Å². The highest BCUT2D eigenvalue weighted by Gasteiger charge is 2.28. The summed E-state index contributed by atoms with van der Waals surface area (Å²) in [5.74, 6) is -4.13. The van der Waals surface area contributed by atoms with Crippen molar-refractivity contribution in [3.05, 3.63) is 29.8 Å². The molecule has 0 spiro atoms. The van der Waals surface area contributed by atoms with E-state index in [1.54, 1.807) is 13.8 Å². The van der Waals surface area contributed by atoms with Gasteiger partial charge in [0.2, 0.25) is 5.91 Å². The van der Waals surface area contributed by atoms with E-state index in [0.717, 1.165) is 12.1 Å². The standard InChI is InChI=1S/C12H15F2N3O2/c1-6(2)9(11(15)17-19)12(18)16-10-7(13)4-3-5-8(10)14/h3-6,9,19H,1-2H3,(H2,15,17)(H,16,18). The van der Waals surface area contributed by atoms with Crippen molar-refractivity contribution in [2.24, 2.45) is 22.7 Å². The minimum atomic E-state index is -0.982. The summed E-state index contributed by atoms with van der Waals surface area (Å²) >= 11 is 0. The Morgan fingerprint density at radius 3 is 2.32 bits per heavy atom. The zero-order valence-electron chi connectivity index (χ0n) is 10.5. The molecule has 0 fully saturated rings. The summed E-state index contributed by atoms with van der Waals surface area (Å²) in [6.45, 7) is 3.33. The second-order valence-corrected chi connectivity index (χ2v) is 4.33. The highest BCUT2D eigenvalue weighted by Crippen LogP contribution is 2.20. The molecule has 0 heterocycles. The number of nitrogens with two attached hydrogens (primary N) is 1. The van der Waals surface area contributed by atoms with Crippen LogP contribution in [0.3, 0.4) is 0 Å². The quantitative estimate of drug-likeness (QED) is 0.338. The predicted octanol–water partition coefficient (Wildman–Crippen LogP) is 1.92. The monoisotopic (exact) mass is 271 g/mol. The molecule has 1 atom stereocenters. The Bertz CT molecular complexity index is 483. The van der Waals surface area contributed by atoms with Crippen LogP contribution in [-0.2, 0) is 4.79 Å². The van der Waals surface area contributed by atoms with Crippen LogP contribution in [0.5, 0.6) is 0 Å². The largest absolute Gasteiger partial charge is 0.409 e. The van der Waals surface area contributed by atoms with Gasteiger partial charge in [0.05, 0.1) is 0 Å². The van der Waals surface area contributed by atoms with Crippen molar-refractivity contribution in [3.63, 3.8) is 0 Å². The Balaban J connectivity index is 3.01. The number of hydrogen-bond acceptors (Lipinski definition) is 3. The average molecular weight is 271 g/mol. The molecular weight excluding hydrogens is 256 g/mol. The van der Waals surface area contributed by atoms with Crippen LogP contribution in [0.25, 0.3) is 0 Å². The number of anilines is 1. The number of carbonyl (C=O) groups excluding carboxylic acids is 1. The van der Waals surface area contributed by atoms with E-state index >= 15 is 0 Å². The summed E-state index contributed by atoms with van der Waals surface area (Å²) in [6.07, 6.45) is 0. The Hall–Kier alpha value is -2.18. The van der Waals surface area contributed by atoms with Crippen LogP contribution >= 0.6 is 0 Å². The van der Waals surface area contributed by atoms with Gasteiger partial charge in [0.1, 0.15) is 23.2 Å². The van der Waals surface area contributed by atoms with Crippen LogP contribution < -0.4 is 11.1 Å². The zero-order chi connectivity index (χ0) is 14.6. The van der Waals surface area contributed by atoms with Crippen LogP contribution in [-0.4, -0.2) is 17.0 Å². The van der Waals surface area contributed by atoms with Crippen molar-refractivity contribution in [1.29, 1.82) is 0 Å². The molecule has 0 aliphatic heterocycles. The summed E-state index contributed by atoms with van der Waals surface area (Å²) in [6, 6.07) is 3.23. The lowest BCUT2D eigenvalue weighted by molar-refractivity contribution is -0.119. The van der Waals surface area contributed by atoms with Gasteiger partial charge in [0, 0.05) is 0 Å². The van der Waals surface area contributed by atoms with Gasteiger partial charge in [0.25, 0.3) is 0 Å². The van der Waals surface area contributed by atoms with E-state index in [1.165, 1.54) is 6.07 Å². The molecule has 0 saturated carbocycles. The topological polar surface area (TPSA) is 87.7 Å². The maximum absolute atomic E-state index is 13.4. The molecule has 7 heteroatoms. The number of rotatable bonds is 4. The summed E-state index contributed by atoms with van der Waals surface area (Å²) in [7, 11) is 0. The fraction of sp³-hybridized carbons (Fsp3) is 0.333. The first-order valence-corrected chi connectivity index (χ1v) is 5.60. The third-order valence-electron chi connectivity index (χ3n) is 2.59. The minimum Gasteiger partial charge on any atom is -0.409 e. The Labute approximate surface area is 109 Å². The number of oxime groups is 1. The summed E-state index contributed by atoms with van der Waals surface area (Å²) in [5.41, 5.74) is 4.85. The van der Waals surface area contributed by atoms with Crippen molar-refractivity contribution >= 4 is 17.4 Å².